The normalized spacial score (nSPS) is 15.3. The zero-order chi connectivity index (χ0) is 26.4. The van der Waals surface area contributed by atoms with E-state index in [4.69, 9.17) is 9.15 Å². The molecular formula is C30H38N2O5. The number of pyridine rings is 1. The summed E-state index contributed by atoms with van der Waals surface area (Å²) in [6.45, 7) is 6.62. The highest BCUT2D eigenvalue weighted by Gasteiger charge is 2.18. The first-order chi connectivity index (χ1) is 17.8. The third-order valence-electron chi connectivity index (χ3n) is 6.68. The summed E-state index contributed by atoms with van der Waals surface area (Å²) < 4.78 is 11.7. The summed E-state index contributed by atoms with van der Waals surface area (Å²) in [7, 11) is 0. The average Bonchev–Trinajstić information content (AvgIpc) is 3.22. The first-order valence-corrected chi connectivity index (χ1v) is 13.2. The van der Waals surface area contributed by atoms with Crippen LogP contribution >= 0.6 is 0 Å². The van der Waals surface area contributed by atoms with Crippen LogP contribution in [0.2, 0.25) is 0 Å². The van der Waals surface area contributed by atoms with Crippen molar-refractivity contribution in [2.75, 3.05) is 6.61 Å². The summed E-state index contributed by atoms with van der Waals surface area (Å²) in [5, 5.41) is 32.1. The summed E-state index contributed by atoms with van der Waals surface area (Å²) in [4.78, 5) is 8.96. The third kappa shape index (κ3) is 7.28. The van der Waals surface area contributed by atoms with Crippen LogP contribution < -0.4 is 4.74 Å². The molecule has 1 aliphatic carbocycles. The fourth-order valence-corrected chi connectivity index (χ4v) is 4.65. The van der Waals surface area contributed by atoms with Gasteiger partial charge >= 0.3 is 0 Å². The number of aliphatic hydroxyl groups excluding tert-OH is 2. The van der Waals surface area contributed by atoms with Crippen molar-refractivity contribution in [3.05, 3.63) is 70.7 Å². The Hall–Kier alpha value is -3.00. The fourth-order valence-electron chi connectivity index (χ4n) is 4.65. The van der Waals surface area contributed by atoms with E-state index < -0.39 is 12.4 Å². The maximum atomic E-state index is 10.8. The SMILES string of the molecule is Cc1oc(C=CCC(C)C)nc1CCOc1ccc2cc(C(O)C=C3CCCCC3)nc(C(O)O)c2c1. The van der Waals surface area contributed by atoms with Crippen LogP contribution in [0.1, 0.15) is 93.5 Å². The third-order valence-corrected chi connectivity index (χ3v) is 6.68. The molecule has 1 aliphatic rings. The number of hydrogen-bond donors (Lipinski definition) is 3. The molecule has 37 heavy (non-hydrogen) atoms. The van der Waals surface area contributed by atoms with Crippen LogP contribution in [0.25, 0.3) is 16.8 Å². The highest BCUT2D eigenvalue weighted by atomic mass is 16.5. The number of benzene rings is 1. The molecule has 0 radical (unpaired) electrons. The van der Waals surface area contributed by atoms with Crippen molar-refractivity contribution < 1.29 is 24.5 Å². The molecule has 1 fully saturated rings. The largest absolute Gasteiger partial charge is 0.493 e. The fraction of sp³-hybridized carbons (Fsp3) is 0.467. The average molecular weight is 507 g/mol. The Bertz CT molecular complexity index is 1250. The Morgan fingerprint density at radius 3 is 2.57 bits per heavy atom. The van der Waals surface area contributed by atoms with Gasteiger partial charge in [0.1, 0.15) is 23.3 Å². The van der Waals surface area contributed by atoms with Crippen LogP contribution in [0, 0.1) is 12.8 Å². The molecular weight excluding hydrogens is 468 g/mol. The molecule has 1 atom stereocenters. The van der Waals surface area contributed by atoms with Gasteiger partial charge in [-0.2, -0.15) is 0 Å². The van der Waals surface area contributed by atoms with E-state index in [0.717, 1.165) is 48.9 Å². The number of aryl methyl sites for hydroxylation is 1. The Balaban J connectivity index is 1.46. The molecule has 2 aromatic heterocycles. The molecule has 2 heterocycles. The second-order valence-corrected chi connectivity index (χ2v) is 10.2. The van der Waals surface area contributed by atoms with Crippen molar-refractivity contribution in [3.63, 3.8) is 0 Å². The van der Waals surface area contributed by atoms with E-state index in [1.807, 2.05) is 31.2 Å². The minimum absolute atomic E-state index is 0.101. The number of ether oxygens (including phenoxy) is 1. The number of nitrogens with zero attached hydrogens (tertiary/aromatic N) is 2. The van der Waals surface area contributed by atoms with E-state index in [0.29, 0.717) is 41.7 Å². The number of oxazole rings is 1. The molecule has 3 aromatic rings. The molecule has 0 spiro atoms. The minimum Gasteiger partial charge on any atom is -0.493 e. The Labute approximate surface area is 218 Å². The van der Waals surface area contributed by atoms with Gasteiger partial charge in [-0.3, -0.25) is 0 Å². The number of rotatable bonds is 10. The Kier molecular flexibility index (Phi) is 9.14. The predicted octanol–water partition coefficient (Wildman–Crippen LogP) is 6.12. The summed E-state index contributed by atoms with van der Waals surface area (Å²) in [5.41, 5.74) is 2.59. The molecule has 0 bridgehead atoms. The first-order valence-electron chi connectivity index (χ1n) is 13.2. The van der Waals surface area contributed by atoms with Gasteiger partial charge in [-0.15, -0.1) is 0 Å². The molecule has 0 saturated heterocycles. The molecule has 3 N–H and O–H groups in total. The minimum atomic E-state index is -1.77. The zero-order valence-corrected chi connectivity index (χ0v) is 22.0. The van der Waals surface area contributed by atoms with Crippen molar-refractivity contribution >= 4 is 16.8 Å². The Morgan fingerprint density at radius 2 is 1.84 bits per heavy atom. The van der Waals surface area contributed by atoms with Gasteiger partial charge in [-0.1, -0.05) is 44.1 Å². The number of aromatic nitrogens is 2. The van der Waals surface area contributed by atoms with Crippen molar-refractivity contribution in [1.29, 1.82) is 0 Å². The summed E-state index contributed by atoms with van der Waals surface area (Å²) >= 11 is 0. The van der Waals surface area contributed by atoms with Gasteiger partial charge in [0.05, 0.1) is 18.0 Å². The number of fused-ring (bicyclic) bond motifs is 1. The van der Waals surface area contributed by atoms with Crippen LogP contribution in [-0.4, -0.2) is 31.9 Å². The van der Waals surface area contributed by atoms with Gasteiger partial charge in [0.2, 0.25) is 5.89 Å². The molecule has 1 unspecified atom stereocenters. The van der Waals surface area contributed by atoms with Crippen LogP contribution in [0.5, 0.6) is 5.75 Å². The van der Waals surface area contributed by atoms with Gasteiger partial charge in [-0.05, 0) is 74.6 Å². The molecule has 7 nitrogen and oxygen atoms in total. The first kappa shape index (κ1) is 27.0. The molecule has 1 saturated carbocycles. The van der Waals surface area contributed by atoms with Crippen LogP contribution in [0.3, 0.4) is 0 Å². The van der Waals surface area contributed by atoms with Gasteiger partial charge in [-0.25, -0.2) is 9.97 Å². The second kappa shape index (κ2) is 12.5. The van der Waals surface area contributed by atoms with Crippen molar-refractivity contribution in [1.82, 2.24) is 9.97 Å². The Morgan fingerprint density at radius 1 is 1.05 bits per heavy atom. The lowest BCUT2D eigenvalue weighted by molar-refractivity contribution is -0.0448. The number of hydrogen-bond acceptors (Lipinski definition) is 7. The topological polar surface area (TPSA) is 109 Å². The van der Waals surface area contributed by atoms with Crippen molar-refractivity contribution in [2.45, 2.75) is 78.1 Å². The van der Waals surface area contributed by atoms with Gasteiger partial charge in [0.15, 0.2) is 6.29 Å². The second-order valence-electron chi connectivity index (χ2n) is 10.2. The standard InChI is InChI=1S/C30H38N2O5/c1-19(2)8-7-11-28-31-25(20(3)37-28)14-15-36-23-13-12-22-17-26(32-29(30(34)35)24(22)18-23)27(33)16-21-9-5-4-6-10-21/h7,11-13,16-19,27,30,33-35H,4-6,8-10,14-15H2,1-3H3. The molecule has 0 aliphatic heterocycles. The summed E-state index contributed by atoms with van der Waals surface area (Å²) in [6.07, 6.45) is 10.2. The quantitative estimate of drug-likeness (QED) is 0.224. The van der Waals surface area contributed by atoms with E-state index in [-0.39, 0.29) is 5.69 Å². The van der Waals surface area contributed by atoms with E-state index in [9.17, 15) is 15.3 Å². The monoisotopic (exact) mass is 506 g/mol. The lowest BCUT2D eigenvalue weighted by Gasteiger charge is -2.17. The number of aliphatic hydroxyl groups is 3. The van der Waals surface area contributed by atoms with Gasteiger partial charge in [0.25, 0.3) is 0 Å². The van der Waals surface area contributed by atoms with Crippen LogP contribution in [0.15, 0.2) is 46.4 Å². The van der Waals surface area contributed by atoms with E-state index >= 15 is 0 Å². The van der Waals surface area contributed by atoms with Gasteiger partial charge < -0.3 is 24.5 Å². The van der Waals surface area contributed by atoms with E-state index in [2.05, 4.69) is 29.9 Å². The van der Waals surface area contributed by atoms with Crippen molar-refractivity contribution in [3.8, 4) is 5.75 Å². The smallest absolute Gasteiger partial charge is 0.218 e. The van der Waals surface area contributed by atoms with Crippen LogP contribution in [-0.2, 0) is 6.42 Å². The molecule has 4 rings (SSSR count). The van der Waals surface area contributed by atoms with E-state index in [1.165, 1.54) is 12.0 Å². The summed E-state index contributed by atoms with van der Waals surface area (Å²) in [5.74, 6) is 2.55. The maximum Gasteiger partial charge on any atom is 0.218 e. The molecule has 198 valence electrons. The van der Waals surface area contributed by atoms with Gasteiger partial charge in [0, 0.05) is 11.8 Å². The molecule has 1 aromatic carbocycles. The van der Waals surface area contributed by atoms with Crippen molar-refractivity contribution in [2.24, 2.45) is 5.92 Å². The highest BCUT2D eigenvalue weighted by Crippen LogP contribution is 2.31. The zero-order valence-electron chi connectivity index (χ0n) is 22.0. The molecule has 7 heteroatoms. The predicted molar refractivity (Wildman–Crippen MR) is 144 cm³/mol. The highest BCUT2D eigenvalue weighted by molar-refractivity contribution is 5.86. The summed E-state index contributed by atoms with van der Waals surface area (Å²) in [6, 6.07) is 7.23. The molecule has 0 amide bonds. The lowest BCUT2D eigenvalue weighted by Crippen LogP contribution is -2.07. The lowest BCUT2D eigenvalue weighted by atomic mass is 9.93. The number of allylic oxidation sites excluding steroid dienone is 2. The van der Waals surface area contributed by atoms with E-state index in [1.54, 1.807) is 12.1 Å². The maximum absolute atomic E-state index is 10.8. The van der Waals surface area contributed by atoms with Crippen LogP contribution in [0.4, 0.5) is 0 Å².